The number of methoxy groups -OCH3 is 2. The van der Waals surface area contributed by atoms with Gasteiger partial charge in [-0.15, -0.1) is 0 Å². The van der Waals surface area contributed by atoms with Crippen LogP contribution in [-0.2, 0) is 11.3 Å². The largest absolute Gasteiger partial charge is 0.497 e. The zero-order valence-electron chi connectivity index (χ0n) is 15.3. The molecule has 2 aromatic rings. The molecular formula is C19H24N2O4S. The second kappa shape index (κ2) is 9.82. The number of carbonyl (C=O) groups is 2. The highest BCUT2D eigenvalue weighted by Crippen LogP contribution is 2.25. The summed E-state index contributed by atoms with van der Waals surface area (Å²) < 4.78 is 10.5. The lowest BCUT2D eigenvalue weighted by molar-refractivity contribution is -0.130. The van der Waals surface area contributed by atoms with Crippen LogP contribution in [0.5, 0.6) is 11.5 Å². The Bertz CT molecular complexity index is 731. The summed E-state index contributed by atoms with van der Waals surface area (Å²) in [4.78, 5) is 25.8. The molecule has 0 saturated carbocycles. The number of benzene rings is 1. The molecule has 0 fully saturated rings. The van der Waals surface area contributed by atoms with Gasteiger partial charge in [0.2, 0.25) is 5.91 Å². The van der Waals surface area contributed by atoms with Gasteiger partial charge in [-0.05, 0) is 30.0 Å². The number of thiophene rings is 1. The van der Waals surface area contributed by atoms with Crippen LogP contribution < -0.4 is 14.8 Å². The Morgan fingerprint density at radius 3 is 2.65 bits per heavy atom. The van der Waals surface area contributed by atoms with Crippen molar-refractivity contribution in [1.82, 2.24) is 10.2 Å². The Labute approximate surface area is 157 Å². The predicted molar refractivity (Wildman–Crippen MR) is 102 cm³/mol. The van der Waals surface area contributed by atoms with Gasteiger partial charge in [0.05, 0.1) is 14.2 Å². The van der Waals surface area contributed by atoms with Gasteiger partial charge in [-0.2, -0.15) is 11.3 Å². The van der Waals surface area contributed by atoms with E-state index < -0.39 is 0 Å². The van der Waals surface area contributed by atoms with Crippen LogP contribution in [0.15, 0.2) is 35.0 Å². The monoisotopic (exact) mass is 376 g/mol. The third-order valence-electron chi connectivity index (χ3n) is 3.96. The molecule has 0 aliphatic heterocycles. The predicted octanol–water partition coefficient (Wildman–Crippen LogP) is 2.93. The molecule has 1 aromatic heterocycles. The molecule has 0 atom stereocenters. The number of carbonyl (C=O) groups excluding carboxylic acids is 2. The van der Waals surface area contributed by atoms with Crippen molar-refractivity contribution in [3.05, 3.63) is 46.2 Å². The summed E-state index contributed by atoms with van der Waals surface area (Å²) in [5.74, 6) is 1.32. The molecule has 0 aliphatic rings. The molecule has 1 aromatic carbocycles. The number of hydrogen-bond acceptors (Lipinski definition) is 5. The van der Waals surface area contributed by atoms with Crippen molar-refractivity contribution in [1.29, 1.82) is 0 Å². The maximum Gasteiger partial charge on any atom is 0.252 e. The van der Waals surface area contributed by atoms with Gasteiger partial charge < -0.3 is 19.7 Å². The van der Waals surface area contributed by atoms with Crippen molar-refractivity contribution in [3.8, 4) is 11.5 Å². The van der Waals surface area contributed by atoms with E-state index in [-0.39, 0.29) is 11.8 Å². The van der Waals surface area contributed by atoms with E-state index in [0.29, 0.717) is 43.0 Å². The van der Waals surface area contributed by atoms with Gasteiger partial charge in [0, 0.05) is 49.1 Å². The Morgan fingerprint density at radius 1 is 1.19 bits per heavy atom. The topological polar surface area (TPSA) is 67.9 Å². The van der Waals surface area contributed by atoms with Crippen LogP contribution in [0.4, 0.5) is 0 Å². The van der Waals surface area contributed by atoms with E-state index in [1.165, 1.54) is 11.3 Å². The van der Waals surface area contributed by atoms with Gasteiger partial charge >= 0.3 is 0 Å². The molecule has 0 aliphatic carbocycles. The first kappa shape index (κ1) is 19.8. The number of nitrogens with zero attached hydrogens (tertiary/aromatic N) is 1. The van der Waals surface area contributed by atoms with Gasteiger partial charge in [-0.3, -0.25) is 9.59 Å². The summed E-state index contributed by atoms with van der Waals surface area (Å²) in [5.41, 5.74) is 1.57. The standard InChI is InChI=1S/C19H24N2O4S/c1-21(12-14-6-7-16(24-2)11-17(14)25-3)18(22)5-4-9-20-19(23)15-8-10-26-13-15/h6-8,10-11,13H,4-5,9,12H2,1-3H3,(H,20,23). The Hall–Kier alpha value is -2.54. The molecule has 26 heavy (non-hydrogen) atoms. The summed E-state index contributed by atoms with van der Waals surface area (Å²) >= 11 is 1.48. The number of rotatable bonds is 9. The molecule has 1 heterocycles. The third-order valence-corrected chi connectivity index (χ3v) is 4.65. The number of ether oxygens (including phenoxy) is 2. The summed E-state index contributed by atoms with van der Waals surface area (Å²) in [6.45, 7) is 0.924. The van der Waals surface area contributed by atoms with Gasteiger partial charge in [-0.25, -0.2) is 0 Å². The molecule has 140 valence electrons. The highest BCUT2D eigenvalue weighted by Gasteiger charge is 2.13. The van der Waals surface area contributed by atoms with E-state index in [1.54, 1.807) is 43.7 Å². The van der Waals surface area contributed by atoms with Crippen molar-refractivity contribution >= 4 is 23.2 Å². The molecule has 7 heteroatoms. The van der Waals surface area contributed by atoms with Crippen LogP contribution in [0, 0.1) is 0 Å². The highest BCUT2D eigenvalue weighted by molar-refractivity contribution is 7.08. The second-order valence-corrected chi connectivity index (χ2v) is 6.58. The fourth-order valence-electron chi connectivity index (χ4n) is 2.45. The van der Waals surface area contributed by atoms with Gasteiger partial charge in [0.25, 0.3) is 5.91 Å². The first-order valence-electron chi connectivity index (χ1n) is 8.30. The summed E-state index contributed by atoms with van der Waals surface area (Å²) in [6, 6.07) is 7.31. The van der Waals surface area contributed by atoms with Crippen LogP contribution in [0.3, 0.4) is 0 Å². The van der Waals surface area contributed by atoms with Crippen LogP contribution in [0.2, 0.25) is 0 Å². The third kappa shape index (κ3) is 5.49. The van der Waals surface area contributed by atoms with Crippen molar-refractivity contribution in [2.75, 3.05) is 27.8 Å². The normalized spacial score (nSPS) is 10.3. The second-order valence-electron chi connectivity index (χ2n) is 5.80. The fourth-order valence-corrected chi connectivity index (χ4v) is 3.09. The zero-order chi connectivity index (χ0) is 18.9. The van der Waals surface area contributed by atoms with Crippen molar-refractivity contribution < 1.29 is 19.1 Å². The fraction of sp³-hybridized carbons (Fsp3) is 0.368. The molecule has 0 spiro atoms. The van der Waals surface area contributed by atoms with E-state index in [1.807, 2.05) is 17.5 Å². The molecule has 2 rings (SSSR count). The minimum absolute atomic E-state index is 0.0210. The van der Waals surface area contributed by atoms with E-state index in [4.69, 9.17) is 9.47 Å². The molecule has 0 bridgehead atoms. The molecule has 0 radical (unpaired) electrons. The quantitative estimate of drug-likeness (QED) is 0.683. The molecule has 2 amide bonds. The minimum Gasteiger partial charge on any atom is -0.497 e. The van der Waals surface area contributed by atoms with Crippen LogP contribution in [0.25, 0.3) is 0 Å². The van der Waals surface area contributed by atoms with Gasteiger partial charge in [-0.1, -0.05) is 0 Å². The molecule has 0 unspecified atom stereocenters. The van der Waals surface area contributed by atoms with E-state index >= 15 is 0 Å². The maximum atomic E-state index is 12.3. The number of amides is 2. The molecule has 6 nitrogen and oxygen atoms in total. The van der Waals surface area contributed by atoms with Crippen LogP contribution in [0.1, 0.15) is 28.8 Å². The van der Waals surface area contributed by atoms with E-state index in [9.17, 15) is 9.59 Å². The molecular weight excluding hydrogens is 352 g/mol. The Morgan fingerprint density at radius 2 is 2.00 bits per heavy atom. The lowest BCUT2D eigenvalue weighted by Gasteiger charge is -2.19. The van der Waals surface area contributed by atoms with E-state index in [2.05, 4.69) is 5.32 Å². The zero-order valence-corrected chi connectivity index (χ0v) is 16.1. The average Bonchev–Trinajstić information content (AvgIpc) is 3.19. The molecule has 0 saturated heterocycles. The van der Waals surface area contributed by atoms with Crippen molar-refractivity contribution in [3.63, 3.8) is 0 Å². The Balaban J connectivity index is 1.78. The van der Waals surface area contributed by atoms with E-state index in [0.717, 1.165) is 5.56 Å². The minimum atomic E-state index is -0.102. The van der Waals surface area contributed by atoms with Crippen molar-refractivity contribution in [2.24, 2.45) is 0 Å². The summed E-state index contributed by atoms with van der Waals surface area (Å²) in [6.07, 6.45) is 0.970. The molecule has 1 N–H and O–H groups in total. The van der Waals surface area contributed by atoms with Crippen LogP contribution >= 0.6 is 11.3 Å². The lowest BCUT2D eigenvalue weighted by atomic mass is 10.1. The van der Waals surface area contributed by atoms with Crippen molar-refractivity contribution in [2.45, 2.75) is 19.4 Å². The van der Waals surface area contributed by atoms with Gasteiger partial charge in [0.15, 0.2) is 0 Å². The number of nitrogens with one attached hydrogen (secondary N) is 1. The highest BCUT2D eigenvalue weighted by atomic mass is 32.1. The maximum absolute atomic E-state index is 12.3. The number of hydrogen-bond donors (Lipinski definition) is 1. The summed E-state index contributed by atoms with van der Waals surface area (Å²) in [7, 11) is 4.95. The van der Waals surface area contributed by atoms with Gasteiger partial charge in [0.1, 0.15) is 11.5 Å². The lowest BCUT2D eigenvalue weighted by Crippen LogP contribution is -2.28. The SMILES string of the molecule is COc1ccc(CN(C)C(=O)CCCNC(=O)c2ccsc2)c(OC)c1. The first-order valence-corrected chi connectivity index (χ1v) is 9.24. The van der Waals surface area contributed by atoms with Crippen LogP contribution in [-0.4, -0.2) is 44.5 Å². The Kier molecular flexibility index (Phi) is 7.47. The smallest absolute Gasteiger partial charge is 0.252 e. The summed E-state index contributed by atoms with van der Waals surface area (Å²) in [5, 5.41) is 6.49. The average molecular weight is 376 g/mol. The first-order chi connectivity index (χ1) is 12.5.